The van der Waals surface area contributed by atoms with Gasteiger partial charge in [-0.05, 0) is 54.4 Å². The van der Waals surface area contributed by atoms with Crippen molar-refractivity contribution in [2.45, 2.75) is 12.7 Å². The topological polar surface area (TPSA) is 120 Å². The van der Waals surface area contributed by atoms with E-state index >= 15 is 0 Å². The third kappa shape index (κ3) is 4.64. The summed E-state index contributed by atoms with van der Waals surface area (Å²) in [5.41, 5.74) is 6.74. The zero-order chi connectivity index (χ0) is 22.8. The molecular formula is C24H19N6O2S-. The van der Waals surface area contributed by atoms with E-state index in [-0.39, 0.29) is 5.75 Å². The lowest BCUT2D eigenvalue weighted by Gasteiger charge is -2.10. The molecule has 1 unspecified atom stereocenters. The highest BCUT2D eigenvalue weighted by molar-refractivity contribution is 7.78. The molecule has 3 heterocycles. The first-order valence-corrected chi connectivity index (χ1v) is 11.5. The van der Waals surface area contributed by atoms with Crippen molar-refractivity contribution >= 4 is 33.7 Å². The predicted octanol–water partition coefficient (Wildman–Crippen LogP) is 4.51. The van der Waals surface area contributed by atoms with Crippen molar-refractivity contribution < 1.29 is 8.76 Å². The second-order valence-corrected chi connectivity index (χ2v) is 8.44. The van der Waals surface area contributed by atoms with Crippen molar-refractivity contribution in [2.24, 2.45) is 0 Å². The fourth-order valence-corrected chi connectivity index (χ4v) is 3.99. The molecule has 33 heavy (non-hydrogen) atoms. The van der Waals surface area contributed by atoms with Crippen LogP contribution in [0.5, 0.6) is 0 Å². The fraction of sp³-hybridized carbons (Fsp3) is 0.0833. The Balaban J connectivity index is 1.45. The quantitative estimate of drug-likeness (QED) is 0.361. The van der Waals surface area contributed by atoms with Crippen molar-refractivity contribution in [2.75, 3.05) is 5.32 Å². The van der Waals surface area contributed by atoms with Gasteiger partial charge >= 0.3 is 0 Å². The number of imidazole rings is 1. The molecule has 2 aromatic carbocycles. The average molecular weight is 456 g/mol. The number of hydrogen-bond donors (Lipinski definition) is 2. The Kier molecular flexibility index (Phi) is 5.64. The molecule has 5 aromatic rings. The molecule has 0 aliphatic heterocycles. The van der Waals surface area contributed by atoms with Crippen molar-refractivity contribution in [3.63, 3.8) is 0 Å². The maximum absolute atomic E-state index is 11.0. The number of rotatable bonds is 6. The number of nitrogens with one attached hydrogen (secondary N) is 2. The molecule has 0 fully saturated rings. The van der Waals surface area contributed by atoms with E-state index in [4.69, 9.17) is 0 Å². The van der Waals surface area contributed by atoms with Crippen LogP contribution in [0, 0.1) is 6.92 Å². The molecule has 5 rings (SSSR count). The van der Waals surface area contributed by atoms with E-state index in [2.05, 4.69) is 30.2 Å². The number of anilines is 2. The summed E-state index contributed by atoms with van der Waals surface area (Å²) in [7, 11) is 0. The molecule has 8 nitrogen and oxygen atoms in total. The molecule has 0 bridgehead atoms. The molecule has 164 valence electrons. The molecule has 0 spiro atoms. The largest absolute Gasteiger partial charge is 0.772 e. The van der Waals surface area contributed by atoms with E-state index in [1.807, 2.05) is 55.5 Å². The molecule has 0 radical (unpaired) electrons. The summed E-state index contributed by atoms with van der Waals surface area (Å²) >= 11 is -2.14. The Morgan fingerprint density at radius 1 is 1.03 bits per heavy atom. The molecule has 0 amide bonds. The highest BCUT2D eigenvalue weighted by atomic mass is 32.2. The maximum atomic E-state index is 11.0. The van der Waals surface area contributed by atoms with Gasteiger partial charge in [-0.3, -0.25) is 9.19 Å². The van der Waals surface area contributed by atoms with Gasteiger partial charge in [-0.1, -0.05) is 29.3 Å². The van der Waals surface area contributed by atoms with Crippen LogP contribution in [0.15, 0.2) is 73.2 Å². The standard InChI is InChI=1S/C24H20N6O2S/c1-15-4-6-17(23-27-20-7-5-16(14-33(31)32)11-22(20)28-23)12-21(15)30-24-26-10-8-19(29-24)18-3-2-9-25-13-18/h2-13H,14H2,1H3,(H,27,28)(H,31,32)(H,26,29,30)/p-1. The lowest BCUT2D eigenvalue weighted by molar-refractivity contribution is 0.536. The number of H-pyrrole nitrogens is 1. The van der Waals surface area contributed by atoms with Gasteiger partial charge in [0.25, 0.3) is 0 Å². The molecule has 0 aliphatic carbocycles. The van der Waals surface area contributed by atoms with Gasteiger partial charge in [0.2, 0.25) is 5.95 Å². The van der Waals surface area contributed by atoms with Crippen LogP contribution < -0.4 is 5.32 Å². The summed E-state index contributed by atoms with van der Waals surface area (Å²) < 4.78 is 22.0. The predicted molar refractivity (Wildman–Crippen MR) is 127 cm³/mol. The van der Waals surface area contributed by atoms with Gasteiger partial charge in [0, 0.05) is 41.2 Å². The zero-order valence-electron chi connectivity index (χ0n) is 17.6. The first-order valence-electron chi connectivity index (χ1n) is 10.2. The number of aryl methyl sites for hydroxylation is 1. The molecule has 9 heteroatoms. The lowest BCUT2D eigenvalue weighted by atomic mass is 10.1. The Morgan fingerprint density at radius 3 is 2.76 bits per heavy atom. The van der Waals surface area contributed by atoms with Crippen molar-refractivity contribution in [3.8, 4) is 22.6 Å². The van der Waals surface area contributed by atoms with Crippen LogP contribution in [0.3, 0.4) is 0 Å². The molecule has 0 aliphatic rings. The van der Waals surface area contributed by atoms with Crippen LogP contribution in [-0.2, 0) is 16.8 Å². The molecule has 2 N–H and O–H groups in total. The minimum Gasteiger partial charge on any atom is -0.772 e. The third-order valence-electron chi connectivity index (χ3n) is 5.20. The maximum Gasteiger partial charge on any atom is 0.227 e. The summed E-state index contributed by atoms with van der Waals surface area (Å²) in [6, 6.07) is 17.0. The lowest BCUT2D eigenvalue weighted by Crippen LogP contribution is -2.00. The van der Waals surface area contributed by atoms with Gasteiger partial charge < -0.3 is 14.9 Å². The highest BCUT2D eigenvalue weighted by Gasteiger charge is 2.10. The number of aromatic nitrogens is 5. The van der Waals surface area contributed by atoms with Gasteiger partial charge in [0.05, 0.1) is 16.7 Å². The molecular weight excluding hydrogens is 436 g/mol. The Labute approximate surface area is 192 Å². The van der Waals surface area contributed by atoms with Crippen LogP contribution >= 0.6 is 0 Å². The molecule has 0 saturated heterocycles. The molecule has 1 atom stereocenters. The second kappa shape index (κ2) is 8.89. The smallest absolute Gasteiger partial charge is 0.227 e. The normalized spacial score (nSPS) is 12.1. The van der Waals surface area contributed by atoms with E-state index < -0.39 is 11.1 Å². The SMILES string of the molecule is Cc1ccc(-c2nc3ccc(CS(=O)[O-])cc3[nH]2)cc1Nc1nccc(-c2cccnc2)n1. The van der Waals surface area contributed by atoms with Crippen LogP contribution in [0.25, 0.3) is 33.7 Å². The number of fused-ring (bicyclic) bond motifs is 1. The van der Waals surface area contributed by atoms with Crippen LogP contribution in [0.2, 0.25) is 0 Å². The van der Waals surface area contributed by atoms with Crippen molar-refractivity contribution in [1.29, 1.82) is 0 Å². The summed E-state index contributed by atoms with van der Waals surface area (Å²) in [6.45, 7) is 2.01. The van der Waals surface area contributed by atoms with E-state index in [9.17, 15) is 8.76 Å². The second-order valence-electron chi connectivity index (χ2n) is 7.55. The van der Waals surface area contributed by atoms with Crippen molar-refractivity contribution in [3.05, 3.63) is 84.3 Å². The molecule has 3 aromatic heterocycles. The highest BCUT2D eigenvalue weighted by Crippen LogP contribution is 2.28. The monoisotopic (exact) mass is 455 g/mol. The Morgan fingerprint density at radius 2 is 1.94 bits per heavy atom. The molecule has 0 saturated carbocycles. The number of hydrogen-bond acceptors (Lipinski definition) is 7. The van der Waals surface area contributed by atoms with Crippen LogP contribution in [-0.4, -0.2) is 33.7 Å². The number of nitrogens with zero attached hydrogens (tertiary/aromatic N) is 4. The summed E-state index contributed by atoms with van der Waals surface area (Å²) in [5, 5.41) is 3.30. The first kappa shape index (κ1) is 20.9. The van der Waals surface area contributed by atoms with Crippen molar-refractivity contribution in [1.82, 2.24) is 24.9 Å². The first-order chi connectivity index (χ1) is 16.0. The van der Waals surface area contributed by atoms with Gasteiger partial charge in [0.1, 0.15) is 5.82 Å². The zero-order valence-corrected chi connectivity index (χ0v) is 18.5. The number of pyridine rings is 1. The average Bonchev–Trinajstić information content (AvgIpc) is 3.24. The summed E-state index contributed by atoms with van der Waals surface area (Å²) in [4.78, 5) is 21.1. The van der Waals surface area contributed by atoms with Gasteiger partial charge in [-0.25, -0.2) is 15.0 Å². The third-order valence-corrected chi connectivity index (χ3v) is 5.77. The van der Waals surface area contributed by atoms with Gasteiger partial charge in [-0.2, -0.15) is 0 Å². The van der Waals surface area contributed by atoms with Gasteiger partial charge in [-0.15, -0.1) is 0 Å². The van der Waals surface area contributed by atoms with Crippen LogP contribution in [0.1, 0.15) is 11.1 Å². The van der Waals surface area contributed by atoms with E-state index in [1.54, 1.807) is 24.7 Å². The fourth-order valence-electron chi connectivity index (χ4n) is 3.54. The van der Waals surface area contributed by atoms with Crippen LogP contribution in [0.4, 0.5) is 11.6 Å². The van der Waals surface area contributed by atoms with E-state index in [0.29, 0.717) is 17.3 Å². The summed E-state index contributed by atoms with van der Waals surface area (Å²) in [6.07, 6.45) is 5.20. The minimum atomic E-state index is -2.14. The Bertz CT molecular complexity index is 1470. The van der Waals surface area contributed by atoms with Gasteiger partial charge in [0.15, 0.2) is 0 Å². The van der Waals surface area contributed by atoms with E-state index in [1.165, 1.54) is 0 Å². The minimum absolute atomic E-state index is 0.0268. The number of benzene rings is 2. The summed E-state index contributed by atoms with van der Waals surface area (Å²) in [5.74, 6) is 1.15. The van der Waals surface area contributed by atoms with E-state index in [0.717, 1.165) is 39.1 Å². The Hall–Kier alpha value is -3.95. The number of aromatic amines is 1.